The van der Waals surface area contributed by atoms with Crippen LogP contribution in [0.25, 0.3) is 11.4 Å². The molecular formula is C13H14BrN5O. The van der Waals surface area contributed by atoms with Crippen molar-refractivity contribution in [2.45, 2.75) is 0 Å². The predicted octanol–water partition coefficient (Wildman–Crippen LogP) is 1.72. The molecule has 0 amide bonds. The zero-order valence-corrected chi connectivity index (χ0v) is 12.4. The Labute approximate surface area is 125 Å². The first-order chi connectivity index (χ1) is 9.72. The molecule has 20 heavy (non-hydrogen) atoms. The summed E-state index contributed by atoms with van der Waals surface area (Å²) in [6.45, 7) is 2.89. The van der Waals surface area contributed by atoms with Crippen molar-refractivity contribution in [1.82, 2.24) is 15.0 Å². The fraction of sp³-hybridized carbons (Fsp3) is 0.308. The Balaban J connectivity index is 1.95. The van der Waals surface area contributed by atoms with Crippen molar-refractivity contribution in [2.24, 2.45) is 0 Å². The van der Waals surface area contributed by atoms with Crippen LogP contribution in [0.15, 0.2) is 28.7 Å². The Hall–Kier alpha value is -1.73. The van der Waals surface area contributed by atoms with Crippen LogP contribution in [0, 0.1) is 0 Å². The van der Waals surface area contributed by atoms with E-state index in [1.165, 1.54) is 0 Å². The highest BCUT2D eigenvalue weighted by Gasteiger charge is 2.16. The van der Waals surface area contributed by atoms with Crippen LogP contribution in [0.5, 0.6) is 0 Å². The number of halogens is 1. The topological polar surface area (TPSA) is 77.2 Å². The number of hydrogen-bond donors (Lipinski definition) is 1. The van der Waals surface area contributed by atoms with E-state index in [4.69, 9.17) is 10.5 Å². The van der Waals surface area contributed by atoms with E-state index in [9.17, 15) is 0 Å². The van der Waals surface area contributed by atoms with Crippen LogP contribution in [-0.2, 0) is 4.74 Å². The average Bonchev–Trinajstić information content (AvgIpc) is 2.48. The van der Waals surface area contributed by atoms with Crippen molar-refractivity contribution in [3.63, 3.8) is 0 Å². The number of benzene rings is 1. The minimum Gasteiger partial charge on any atom is -0.378 e. The molecule has 6 nitrogen and oxygen atoms in total. The van der Waals surface area contributed by atoms with E-state index in [1.807, 2.05) is 24.3 Å². The molecule has 1 aromatic heterocycles. The second kappa shape index (κ2) is 5.72. The molecule has 104 valence electrons. The highest BCUT2D eigenvalue weighted by molar-refractivity contribution is 9.10. The van der Waals surface area contributed by atoms with Gasteiger partial charge in [-0.25, -0.2) is 0 Å². The standard InChI is InChI=1S/C13H14BrN5O/c14-10-3-1-9(2-4-10)11-16-12(15)18-13(17-11)19-5-7-20-8-6-19/h1-4H,5-8H2,(H2,15,16,17,18). The Bertz CT molecular complexity index is 598. The predicted molar refractivity (Wildman–Crippen MR) is 80.4 cm³/mol. The lowest BCUT2D eigenvalue weighted by Crippen LogP contribution is -2.37. The van der Waals surface area contributed by atoms with E-state index in [0.717, 1.165) is 23.1 Å². The second-order valence-electron chi connectivity index (χ2n) is 4.42. The molecule has 0 aliphatic carbocycles. The maximum absolute atomic E-state index is 5.80. The molecule has 0 radical (unpaired) electrons. The van der Waals surface area contributed by atoms with Crippen molar-refractivity contribution in [3.8, 4) is 11.4 Å². The summed E-state index contributed by atoms with van der Waals surface area (Å²) >= 11 is 3.41. The Morgan fingerprint density at radius 2 is 1.75 bits per heavy atom. The summed E-state index contributed by atoms with van der Waals surface area (Å²) in [7, 11) is 0. The number of hydrogen-bond acceptors (Lipinski definition) is 6. The second-order valence-corrected chi connectivity index (χ2v) is 5.34. The number of nitrogen functional groups attached to an aromatic ring is 1. The molecular weight excluding hydrogens is 322 g/mol. The van der Waals surface area contributed by atoms with Gasteiger partial charge in [-0.05, 0) is 12.1 Å². The highest BCUT2D eigenvalue weighted by Crippen LogP contribution is 2.21. The fourth-order valence-corrected chi connectivity index (χ4v) is 2.28. The number of anilines is 2. The third-order valence-electron chi connectivity index (χ3n) is 3.04. The van der Waals surface area contributed by atoms with Gasteiger partial charge in [0.15, 0.2) is 5.82 Å². The summed E-state index contributed by atoms with van der Waals surface area (Å²) < 4.78 is 6.34. The molecule has 1 saturated heterocycles. The Kier molecular flexibility index (Phi) is 3.79. The van der Waals surface area contributed by atoms with Gasteiger partial charge in [0.05, 0.1) is 13.2 Å². The fourth-order valence-electron chi connectivity index (χ4n) is 2.01. The van der Waals surface area contributed by atoms with Crippen molar-refractivity contribution in [1.29, 1.82) is 0 Å². The molecule has 2 aromatic rings. The first kappa shape index (κ1) is 13.3. The number of aromatic nitrogens is 3. The van der Waals surface area contributed by atoms with Gasteiger partial charge in [0.1, 0.15) is 0 Å². The molecule has 3 rings (SSSR count). The molecule has 0 unspecified atom stereocenters. The summed E-state index contributed by atoms with van der Waals surface area (Å²) in [5, 5.41) is 0. The van der Waals surface area contributed by atoms with Crippen LogP contribution in [0.1, 0.15) is 0 Å². The zero-order valence-electron chi connectivity index (χ0n) is 10.8. The first-order valence-corrected chi connectivity index (χ1v) is 7.12. The van der Waals surface area contributed by atoms with Crippen LogP contribution in [0.4, 0.5) is 11.9 Å². The van der Waals surface area contributed by atoms with E-state index in [-0.39, 0.29) is 5.95 Å². The molecule has 1 fully saturated rings. The van der Waals surface area contributed by atoms with Gasteiger partial charge in [0, 0.05) is 23.1 Å². The minimum absolute atomic E-state index is 0.236. The van der Waals surface area contributed by atoms with Crippen LogP contribution < -0.4 is 10.6 Å². The van der Waals surface area contributed by atoms with Gasteiger partial charge < -0.3 is 15.4 Å². The van der Waals surface area contributed by atoms with E-state index in [1.54, 1.807) is 0 Å². The monoisotopic (exact) mass is 335 g/mol. The molecule has 7 heteroatoms. The first-order valence-electron chi connectivity index (χ1n) is 6.32. The van der Waals surface area contributed by atoms with Crippen LogP contribution >= 0.6 is 15.9 Å². The van der Waals surface area contributed by atoms with E-state index in [2.05, 4.69) is 35.8 Å². The third-order valence-corrected chi connectivity index (χ3v) is 3.57. The number of nitrogens with two attached hydrogens (primary N) is 1. The summed E-state index contributed by atoms with van der Waals surface area (Å²) in [4.78, 5) is 15.0. The maximum atomic E-state index is 5.80. The Morgan fingerprint density at radius 3 is 2.45 bits per heavy atom. The largest absolute Gasteiger partial charge is 0.378 e. The van der Waals surface area contributed by atoms with Gasteiger partial charge >= 0.3 is 0 Å². The Morgan fingerprint density at radius 1 is 1.05 bits per heavy atom. The van der Waals surface area contributed by atoms with Crippen LogP contribution in [0.2, 0.25) is 0 Å². The molecule has 0 saturated carbocycles. The summed E-state index contributed by atoms with van der Waals surface area (Å²) in [5.41, 5.74) is 6.72. The van der Waals surface area contributed by atoms with Gasteiger partial charge in [-0.15, -0.1) is 0 Å². The molecule has 0 atom stereocenters. The van der Waals surface area contributed by atoms with Gasteiger partial charge in [0.25, 0.3) is 0 Å². The molecule has 0 bridgehead atoms. The third kappa shape index (κ3) is 2.88. The zero-order chi connectivity index (χ0) is 13.9. The van der Waals surface area contributed by atoms with Crippen molar-refractivity contribution in [3.05, 3.63) is 28.7 Å². The SMILES string of the molecule is Nc1nc(-c2ccc(Br)cc2)nc(N2CCOCC2)n1. The van der Waals surface area contributed by atoms with Crippen LogP contribution in [0.3, 0.4) is 0 Å². The summed E-state index contributed by atoms with van der Waals surface area (Å²) in [6.07, 6.45) is 0. The van der Waals surface area contributed by atoms with E-state index < -0.39 is 0 Å². The summed E-state index contributed by atoms with van der Waals surface area (Å²) in [6, 6.07) is 7.79. The molecule has 0 spiro atoms. The van der Waals surface area contributed by atoms with Crippen molar-refractivity contribution in [2.75, 3.05) is 36.9 Å². The molecule has 1 aliphatic rings. The highest BCUT2D eigenvalue weighted by atomic mass is 79.9. The maximum Gasteiger partial charge on any atom is 0.230 e. The molecule has 1 aliphatic heterocycles. The van der Waals surface area contributed by atoms with Gasteiger partial charge in [-0.2, -0.15) is 15.0 Å². The minimum atomic E-state index is 0.236. The smallest absolute Gasteiger partial charge is 0.230 e. The van der Waals surface area contributed by atoms with E-state index in [0.29, 0.717) is 25.0 Å². The van der Waals surface area contributed by atoms with Crippen molar-refractivity contribution >= 4 is 27.8 Å². The normalized spacial score (nSPS) is 15.3. The lowest BCUT2D eigenvalue weighted by Gasteiger charge is -2.26. The number of morpholine rings is 1. The molecule has 1 aromatic carbocycles. The van der Waals surface area contributed by atoms with Gasteiger partial charge in [-0.3, -0.25) is 0 Å². The average molecular weight is 336 g/mol. The van der Waals surface area contributed by atoms with E-state index >= 15 is 0 Å². The summed E-state index contributed by atoms with van der Waals surface area (Å²) in [5.74, 6) is 1.43. The quantitative estimate of drug-likeness (QED) is 0.900. The number of rotatable bonds is 2. The van der Waals surface area contributed by atoms with Gasteiger partial charge in [-0.1, -0.05) is 28.1 Å². The van der Waals surface area contributed by atoms with Crippen LogP contribution in [-0.4, -0.2) is 41.3 Å². The molecule has 2 N–H and O–H groups in total. The van der Waals surface area contributed by atoms with Gasteiger partial charge in [0.2, 0.25) is 11.9 Å². The molecule has 2 heterocycles. The number of ether oxygens (including phenoxy) is 1. The lowest BCUT2D eigenvalue weighted by atomic mass is 10.2. The van der Waals surface area contributed by atoms with Crippen molar-refractivity contribution < 1.29 is 4.74 Å². The number of nitrogens with zero attached hydrogens (tertiary/aromatic N) is 4. The lowest BCUT2D eigenvalue weighted by molar-refractivity contribution is 0.122.